The van der Waals surface area contributed by atoms with Crippen LogP contribution in [0.1, 0.15) is 17.4 Å². The first kappa shape index (κ1) is 10.8. The highest BCUT2D eigenvalue weighted by molar-refractivity contribution is 5.26. The summed E-state index contributed by atoms with van der Waals surface area (Å²) >= 11 is 0. The maximum Gasteiger partial charge on any atom is 0.220 e. The Morgan fingerprint density at radius 3 is 2.64 bits per heavy atom. The standard InChI is InChI=1S/C8H14N4O2/c1-4-5(3-11-8(10)12-4)7(14)6(13)2-9/h3,6-7,13-14H,2,9H2,1H3,(H2,10,11,12). The lowest BCUT2D eigenvalue weighted by molar-refractivity contribution is 0.0235. The number of hydrogen-bond donors (Lipinski definition) is 4. The molecule has 2 unspecified atom stereocenters. The van der Waals surface area contributed by atoms with E-state index in [2.05, 4.69) is 9.97 Å². The van der Waals surface area contributed by atoms with Crippen molar-refractivity contribution in [2.24, 2.45) is 5.73 Å². The van der Waals surface area contributed by atoms with Crippen molar-refractivity contribution in [3.8, 4) is 0 Å². The van der Waals surface area contributed by atoms with Crippen molar-refractivity contribution in [2.75, 3.05) is 12.3 Å². The molecule has 0 aromatic carbocycles. The molecule has 0 aliphatic rings. The predicted octanol–water partition coefficient (Wildman–Crippen LogP) is -1.28. The molecule has 14 heavy (non-hydrogen) atoms. The molecule has 0 aliphatic carbocycles. The van der Waals surface area contributed by atoms with Crippen molar-refractivity contribution >= 4 is 5.95 Å². The Bertz CT molecular complexity index is 318. The highest BCUT2D eigenvalue weighted by Gasteiger charge is 2.19. The lowest BCUT2D eigenvalue weighted by Crippen LogP contribution is -2.28. The summed E-state index contributed by atoms with van der Waals surface area (Å²) in [4.78, 5) is 7.60. The third-order valence-corrected chi connectivity index (χ3v) is 1.96. The van der Waals surface area contributed by atoms with Gasteiger partial charge in [-0.1, -0.05) is 0 Å². The topological polar surface area (TPSA) is 118 Å². The predicted molar refractivity (Wildman–Crippen MR) is 51.2 cm³/mol. The molecule has 0 amide bonds. The van der Waals surface area contributed by atoms with Gasteiger partial charge in [-0.05, 0) is 6.92 Å². The van der Waals surface area contributed by atoms with Crippen LogP contribution in [-0.2, 0) is 0 Å². The van der Waals surface area contributed by atoms with E-state index >= 15 is 0 Å². The van der Waals surface area contributed by atoms with E-state index in [-0.39, 0.29) is 12.5 Å². The Morgan fingerprint density at radius 2 is 2.14 bits per heavy atom. The molecule has 0 radical (unpaired) electrons. The van der Waals surface area contributed by atoms with E-state index in [4.69, 9.17) is 11.5 Å². The number of aryl methyl sites for hydroxylation is 1. The van der Waals surface area contributed by atoms with Crippen LogP contribution in [0.25, 0.3) is 0 Å². The van der Waals surface area contributed by atoms with Gasteiger partial charge in [-0.3, -0.25) is 0 Å². The number of aromatic nitrogens is 2. The molecule has 1 aromatic heterocycles. The molecule has 2 atom stereocenters. The van der Waals surface area contributed by atoms with E-state index in [1.165, 1.54) is 6.20 Å². The van der Waals surface area contributed by atoms with Crippen LogP contribution in [0.15, 0.2) is 6.20 Å². The van der Waals surface area contributed by atoms with Gasteiger partial charge in [0.1, 0.15) is 6.10 Å². The van der Waals surface area contributed by atoms with Crippen molar-refractivity contribution in [3.05, 3.63) is 17.5 Å². The molecule has 0 saturated carbocycles. The highest BCUT2D eigenvalue weighted by Crippen LogP contribution is 2.18. The van der Waals surface area contributed by atoms with Gasteiger partial charge in [0, 0.05) is 24.0 Å². The summed E-state index contributed by atoms with van der Waals surface area (Å²) < 4.78 is 0. The first-order valence-electron chi connectivity index (χ1n) is 4.21. The van der Waals surface area contributed by atoms with E-state index in [0.29, 0.717) is 11.3 Å². The Labute approximate surface area is 81.6 Å². The third-order valence-electron chi connectivity index (χ3n) is 1.96. The van der Waals surface area contributed by atoms with Gasteiger partial charge in [0.05, 0.1) is 6.10 Å². The maximum absolute atomic E-state index is 9.61. The normalized spacial score (nSPS) is 15.1. The summed E-state index contributed by atoms with van der Waals surface area (Å²) in [5, 5.41) is 18.9. The summed E-state index contributed by atoms with van der Waals surface area (Å²) in [5.74, 6) is 0.140. The van der Waals surface area contributed by atoms with E-state index in [1.54, 1.807) is 6.92 Å². The van der Waals surface area contributed by atoms with E-state index < -0.39 is 12.2 Å². The zero-order valence-corrected chi connectivity index (χ0v) is 7.88. The van der Waals surface area contributed by atoms with Crippen LogP contribution in [-0.4, -0.2) is 32.8 Å². The minimum Gasteiger partial charge on any atom is -0.389 e. The van der Waals surface area contributed by atoms with Crippen molar-refractivity contribution < 1.29 is 10.2 Å². The molecule has 1 aromatic rings. The Hall–Kier alpha value is -1.24. The number of rotatable bonds is 3. The molecule has 6 nitrogen and oxygen atoms in total. The lowest BCUT2D eigenvalue weighted by atomic mass is 10.1. The molecule has 0 bridgehead atoms. The first-order valence-corrected chi connectivity index (χ1v) is 4.21. The molecule has 1 heterocycles. The second-order valence-corrected chi connectivity index (χ2v) is 3.02. The molecular formula is C8H14N4O2. The van der Waals surface area contributed by atoms with Crippen molar-refractivity contribution in [1.29, 1.82) is 0 Å². The zero-order chi connectivity index (χ0) is 10.7. The maximum atomic E-state index is 9.61. The fourth-order valence-corrected chi connectivity index (χ4v) is 1.12. The van der Waals surface area contributed by atoms with Crippen molar-refractivity contribution in [3.63, 3.8) is 0 Å². The largest absolute Gasteiger partial charge is 0.389 e. The number of nitrogen functional groups attached to an aromatic ring is 1. The van der Waals surface area contributed by atoms with Crippen molar-refractivity contribution in [1.82, 2.24) is 9.97 Å². The van der Waals surface area contributed by atoms with Crippen LogP contribution in [0.3, 0.4) is 0 Å². The van der Waals surface area contributed by atoms with Gasteiger partial charge in [-0.2, -0.15) is 0 Å². The highest BCUT2D eigenvalue weighted by atomic mass is 16.3. The number of nitrogens with two attached hydrogens (primary N) is 2. The summed E-state index contributed by atoms with van der Waals surface area (Å²) in [6, 6.07) is 0. The first-order chi connectivity index (χ1) is 6.56. The second kappa shape index (κ2) is 4.32. The molecule has 6 heteroatoms. The van der Waals surface area contributed by atoms with Crippen molar-refractivity contribution in [2.45, 2.75) is 19.1 Å². The van der Waals surface area contributed by atoms with Crippen LogP contribution >= 0.6 is 0 Å². The monoisotopic (exact) mass is 198 g/mol. The van der Waals surface area contributed by atoms with Gasteiger partial charge in [0.25, 0.3) is 0 Å². The second-order valence-electron chi connectivity index (χ2n) is 3.02. The van der Waals surface area contributed by atoms with Gasteiger partial charge in [-0.25, -0.2) is 9.97 Å². The smallest absolute Gasteiger partial charge is 0.220 e. The molecule has 0 aliphatic heterocycles. The van der Waals surface area contributed by atoms with Gasteiger partial charge >= 0.3 is 0 Å². The van der Waals surface area contributed by atoms with Crippen LogP contribution in [0.4, 0.5) is 5.95 Å². The van der Waals surface area contributed by atoms with Crippen LogP contribution in [0, 0.1) is 6.92 Å². The summed E-state index contributed by atoms with van der Waals surface area (Å²) in [6.07, 6.45) is -0.692. The number of nitrogens with zero attached hydrogens (tertiary/aromatic N) is 2. The average Bonchev–Trinajstić information content (AvgIpc) is 2.15. The average molecular weight is 198 g/mol. The van der Waals surface area contributed by atoms with E-state index in [0.717, 1.165) is 0 Å². The molecule has 0 fully saturated rings. The number of aliphatic hydroxyl groups excluding tert-OH is 2. The van der Waals surface area contributed by atoms with E-state index in [9.17, 15) is 10.2 Å². The Morgan fingerprint density at radius 1 is 1.50 bits per heavy atom. The number of aliphatic hydroxyl groups is 2. The minimum atomic E-state index is -1.07. The van der Waals surface area contributed by atoms with Gasteiger partial charge in [0.2, 0.25) is 5.95 Å². The van der Waals surface area contributed by atoms with Crippen LogP contribution < -0.4 is 11.5 Å². The molecule has 0 spiro atoms. The molecule has 6 N–H and O–H groups in total. The number of anilines is 1. The molecule has 78 valence electrons. The minimum absolute atomic E-state index is 0.0228. The van der Waals surface area contributed by atoms with E-state index in [1.807, 2.05) is 0 Å². The summed E-state index contributed by atoms with van der Waals surface area (Å²) in [7, 11) is 0. The molecular weight excluding hydrogens is 184 g/mol. The zero-order valence-electron chi connectivity index (χ0n) is 7.88. The van der Waals surface area contributed by atoms with Crippen LogP contribution in [0.5, 0.6) is 0 Å². The SMILES string of the molecule is Cc1nc(N)ncc1C(O)C(O)CN. The molecule has 1 rings (SSSR count). The van der Waals surface area contributed by atoms with Gasteiger partial charge in [-0.15, -0.1) is 0 Å². The Balaban J connectivity index is 2.95. The summed E-state index contributed by atoms with van der Waals surface area (Å²) in [5.41, 5.74) is 11.5. The van der Waals surface area contributed by atoms with Gasteiger partial charge in [0.15, 0.2) is 0 Å². The lowest BCUT2D eigenvalue weighted by Gasteiger charge is -2.17. The Kier molecular flexibility index (Phi) is 3.34. The van der Waals surface area contributed by atoms with Gasteiger partial charge < -0.3 is 21.7 Å². The summed E-state index contributed by atoms with van der Waals surface area (Å²) in [6.45, 7) is 1.66. The number of hydrogen-bond acceptors (Lipinski definition) is 6. The fraction of sp³-hybridized carbons (Fsp3) is 0.500. The quantitative estimate of drug-likeness (QED) is 0.480. The van der Waals surface area contributed by atoms with Crippen LogP contribution in [0.2, 0.25) is 0 Å². The fourth-order valence-electron chi connectivity index (χ4n) is 1.12. The third kappa shape index (κ3) is 2.16. The molecule has 0 saturated heterocycles.